The first-order valence-corrected chi connectivity index (χ1v) is 6.73. The van der Waals surface area contributed by atoms with Gasteiger partial charge in [-0.2, -0.15) is 0 Å². The molecule has 1 amide bonds. The molecular formula is C13H27N3O. The highest BCUT2D eigenvalue weighted by Crippen LogP contribution is 2.33. The maximum atomic E-state index is 12.1. The molecule has 1 unspecified atom stereocenters. The number of carbonyl (C=O) groups excluding carboxylic acids is 1. The van der Waals surface area contributed by atoms with E-state index in [2.05, 4.69) is 19.0 Å². The van der Waals surface area contributed by atoms with Gasteiger partial charge in [0, 0.05) is 13.1 Å². The molecule has 1 aliphatic carbocycles. The molecule has 17 heavy (non-hydrogen) atoms. The van der Waals surface area contributed by atoms with Gasteiger partial charge in [0.25, 0.3) is 0 Å². The molecule has 0 aliphatic heterocycles. The van der Waals surface area contributed by atoms with Crippen LogP contribution in [-0.2, 0) is 4.79 Å². The maximum Gasteiger partial charge on any atom is 0.239 e. The summed E-state index contributed by atoms with van der Waals surface area (Å²) in [6, 6.07) is -0.276. The van der Waals surface area contributed by atoms with Crippen LogP contribution in [-0.4, -0.2) is 55.5 Å². The highest BCUT2D eigenvalue weighted by Gasteiger charge is 2.28. The Labute approximate surface area is 105 Å². The van der Waals surface area contributed by atoms with Crippen molar-refractivity contribution in [3.8, 4) is 0 Å². The second kappa shape index (κ2) is 6.97. The molecular weight excluding hydrogens is 214 g/mol. The van der Waals surface area contributed by atoms with Gasteiger partial charge in [-0.15, -0.1) is 0 Å². The summed E-state index contributed by atoms with van der Waals surface area (Å²) in [5, 5.41) is 0. The van der Waals surface area contributed by atoms with Crippen LogP contribution in [0.1, 0.15) is 32.6 Å². The Morgan fingerprint density at radius 1 is 1.35 bits per heavy atom. The third-order valence-electron chi connectivity index (χ3n) is 3.33. The van der Waals surface area contributed by atoms with Crippen LogP contribution in [0.4, 0.5) is 0 Å². The molecule has 1 fully saturated rings. The van der Waals surface area contributed by atoms with Gasteiger partial charge >= 0.3 is 0 Å². The molecule has 2 N–H and O–H groups in total. The fourth-order valence-electron chi connectivity index (χ4n) is 2.05. The van der Waals surface area contributed by atoms with Crippen LogP contribution in [0.3, 0.4) is 0 Å². The lowest BCUT2D eigenvalue weighted by molar-refractivity contribution is -0.132. The van der Waals surface area contributed by atoms with Crippen molar-refractivity contribution in [2.45, 2.75) is 38.6 Å². The summed E-state index contributed by atoms with van der Waals surface area (Å²) in [6.45, 7) is 4.63. The van der Waals surface area contributed by atoms with E-state index < -0.39 is 0 Å². The molecule has 1 rings (SSSR count). The number of hydrogen-bond donors (Lipinski definition) is 1. The van der Waals surface area contributed by atoms with E-state index >= 15 is 0 Å². The van der Waals surface area contributed by atoms with Gasteiger partial charge < -0.3 is 15.5 Å². The van der Waals surface area contributed by atoms with E-state index in [4.69, 9.17) is 5.73 Å². The van der Waals surface area contributed by atoms with Gasteiger partial charge in [-0.05, 0) is 46.3 Å². The number of amides is 1. The largest absolute Gasteiger partial charge is 0.342 e. The topological polar surface area (TPSA) is 49.6 Å². The average molecular weight is 241 g/mol. The fourth-order valence-corrected chi connectivity index (χ4v) is 2.05. The summed E-state index contributed by atoms with van der Waals surface area (Å²) in [4.78, 5) is 16.1. The van der Waals surface area contributed by atoms with Crippen LogP contribution in [0.25, 0.3) is 0 Å². The fraction of sp³-hybridized carbons (Fsp3) is 0.923. The van der Waals surface area contributed by atoms with Gasteiger partial charge in [-0.1, -0.05) is 12.8 Å². The second-order valence-corrected chi connectivity index (χ2v) is 5.36. The second-order valence-electron chi connectivity index (χ2n) is 5.36. The lowest BCUT2D eigenvalue weighted by atomic mass is 10.1. The van der Waals surface area contributed by atoms with Crippen LogP contribution in [0.2, 0.25) is 0 Å². The van der Waals surface area contributed by atoms with E-state index in [0.29, 0.717) is 0 Å². The SMILES string of the molecule is CCN(CCCN(C)C)C(=O)C(N)CC1CC1. The van der Waals surface area contributed by atoms with E-state index in [0.717, 1.165) is 38.4 Å². The minimum absolute atomic E-state index is 0.137. The Morgan fingerprint density at radius 2 is 2.00 bits per heavy atom. The molecule has 0 aromatic carbocycles. The van der Waals surface area contributed by atoms with Crippen molar-refractivity contribution < 1.29 is 4.79 Å². The summed E-state index contributed by atoms with van der Waals surface area (Å²) >= 11 is 0. The predicted octanol–water partition coefficient (Wildman–Crippen LogP) is 0.914. The molecule has 0 spiro atoms. The number of carbonyl (C=O) groups is 1. The van der Waals surface area contributed by atoms with Crippen LogP contribution >= 0.6 is 0 Å². The van der Waals surface area contributed by atoms with Gasteiger partial charge in [0.05, 0.1) is 6.04 Å². The van der Waals surface area contributed by atoms with Crippen molar-refractivity contribution in [1.29, 1.82) is 0 Å². The zero-order valence-corrected chi connectivity index (χ0v) is 11.5. The Hall–Kier alpha value is -0.610. The summed E-state index contributed by atoms with van der Waals surface area (Å²) in [7, 11) is 4.11. The van der Waals surface area contributed by atoms with Crippen LogP contribution in [0.5, 0.6) is 0 Å². The van der Waals surface area contributed by atoms with Gasteiger partial charge in [0.2, 0.25) is 5.91 Å². The molecule has 100 valence electrons. The van der Waals surface area contributed by atoms with Crippen molar-refractivity contribution in [3.63, 3.8) is 0 Å². The van der Waals surface area contributed by atoms with Gasteiger partial charge in [-0.3, -0.25) is 4.79 Å². The summed E-state index contributed by atoms with van der Waals surface area (Å²) in [5.74, 6) is 0.854. The minimum Gasteiger partial charge on any atom is -0.342 e. The number of rotatable bonds is 8. The predicted molar refractivity (Wildman–Crippen MR) is 70.7 cm³/mol. The molecule has 0 heterocycles. The monoisotopic (exact) mass is 241 g/mol. The van der Waals surface area contributed by atoms with Crippen molar-refractivity contribution in [1.82, 2.24) is 9.80 Å². The van der Waals surface area contributed by atoms with Crippen molar-refractivity contribution in [2.75, 3.05) is 33.7 Å². The van der Waals surface area contributed by atoms with Gasteiger partial charge in [0.15, 0.2) is 0 Å². The number of nitrogens with zero attached hydrogens (tertiary/aromatic N) is 2. The third kappa shape index (κ3) is 5.50. The van der Waals surface area contributed by atoms with Crippen molar-refractivity contribution >= 4 is 5.91 Å². The van der Waals surface area contributed by atoms with E-state index in [1.54, 1.807) is 0 Å². The summed E-state index contributed by atoms with van der Waals surface area (Å²) in [6.07, 6.45) is 4.41. The molecule has 1 atom stereocenters. The minimum atomic E-state index is -0.276. The quantitative estimate of drug-likeness (QED) is 0.687. The molecule has 0 saturated heterocycles. The highest BCUT2D eigenvalue weighted by molar-refractivity contribution is 5.81. The smallest absolute Gasteiger partial charge is 0.239 e. The van der Waals surface area contributed by atoms with E-state index in [-0.39, 0.29) is 11.9 Å². The first kappa shape index (κ1) is 14.5. The van der Waals surface area contributed by atoms with Crippen LogP contribution in [0, 0.1) is 5.92 Å². The van der Waals surface area contributed by atoms with Crippen LogP contribution < -0.4 is 5.73 Å². The lowest BCUT2D eigenvalue weighted by Gasteiger charge is -2.25. The van der Waals surface area contributed by atoms with Gasteiger partial charge in [-0.25, -0.2) is 0 Å². The number of likely N-dealkylation sites (N-methyl/N-ethyl adjacent to an activating group) is 1. The molecule has 1 saturated carbocycles. The highest BCUT2D eigenvalue weighted by atomic mass is 16.2. The van der Waals surface area contributed by atoms with E-state index in [9.17, 15) is 4.79 Å². The van der Waals surface area contributed by atoms with Crippen LogP contribution in [0.15, 0.2) is 0 Å². The Kier molecular flexibility index (Phi) is 5.92. The number of nitrogens with two attached hydrogens (primary N) is 1. The molecule has 4 heteroatoms. The zero-order valence-electron chi connectivity index (χ0n) is 11.5. The molecule has 1 aliphatic rings. The Bertz CT molecular complexity index is 239. The standard InChI is InChI=1S/C13H27N3O/c1-4-16(9-5-8-15(2)3)13(17)12(14)10-11-6-7-11/h11-12H,4-10,14H2,1-3H3. The Balaban J connectivity index is 2.28. The number of hydrogen-bond acceptors (Lipinski definition) is 3. The van der Waals surface area contributed by atoms with Crippen molar-refractivity contribution in [3.05, 3.63) is 0 Å². The normalized spacial score (nSPS) is 17.2. The van der Waals surface area contributed by atoms with E-state index in [1.807, 2.05) is 11.8 Å². The molecule has 0 bridgehead atoms. The van der Waals surface area contributed by atoms with E-state index in [1.165, 1.54) is 12.8 Å². The summed E-state index contributed by atoms with van der Waals surface area (Å²) < 4.78 is 0. The first-order chi connectivity index (χ1) is 8.04. The maximum absolute atomic E-state index is 12.1. The Morgan fingerprint density at radius 3 is 2.47 bits per heavy atom. The average Bonchev–Trinajstić information content (AvgIpc) is 3.07. The molecule has 0 aromatic rings. The molecule has 4 nitrogen and oxygen atoms in total. The van der Waals surface area contributed by atoms with Gasteiger partial charge in [0.1, 0.15) is 0 Å². The first-order valence-electron chi connectivity index (χ1n) is 6.73. The zero-order chi connectivity index (χ0) is 12.8. The molecule has 0 radical (unpaired) electrons. The third-order valence-corrected chi connectivity index (χ3v) is 3.33. The molecule has 0 aromatic heterocycles. The summed E-state index contributed by atoms with van der Waals surface area (Å²) in [5.41, 5.74) is 5.96. The van der Waals surface area contributed by atoms with Crippen molar-refractivity contribution in [2.24, 2.45) is 11.7 Å². The lowest BCUT2D eigenvalue weighted by Crippen LogP contribution is -2.44.